The first-order chi connectivity index (χ1) is 15.4. The van der Waals surface area contributed by atoms with Gasteiger partial charge in [0.15, 0.2) is 0 Å². The van der Waals surface area contributed by atoms with Crippen LogP contribution in [0.5, 0.6) is 5.75 Å². The van der Waals surface area contributed by atoms with Gasteiger partial charge in [-0.15, -0.1) is 0 Å². The summed E-state index contributed by atoms with van der Waals surface area (Å²) in [7, 11) is 0. The highest BCUT2D eigenvalue weighted by Gasteiger charge is 1.98. The number of rotatable bonds is 23. The van der Waals surface area contributed by atoms with Gasteiger partial charge >= 0.3 is 0 Å². The van der Waals surface area contributed by atoms with Crippen LogP contribution in [0.25, 0.3) is 0 Å². The second-order valence-electron chi connectivity index (χ2n) is 8.26. The molecular weight excluding hydrogens is 388 g/mol. The molecule has 0 N–H and O–H groups in total. The number of unbranched alkanes of at least 4 members (excludes halogenated alkanes) is 9. The molecule has 0 fully saturated rings. The summed E-state index contributed by atoms with van der Waals surface area (Å²) >= 11 is 0. The maximum atomic E-state index is 5.76. The first-order valence-electron chi connectivity index (χ1n) is 12.8. The predicted octanol–water partition coefficient (Wildman–Crippen LogP) is 6.99. The second-order valence-corrected chi connectivity index (χ2v) is 8.26. The lowest BCUT2D eigenvalue weighted by molar-refractivity contribution is 0.00879. The van der Waals surface area contributed by atoms with E-state index in [1.54, 1.807) is 0 Å². The maximum Gasteiger partial charge on any atom is 0.119 e. The van der Waals surface area contributed by atoms with Crippen molar-refractivity contribution >= 4 is 0 Å². The Morgan fingerprint density at radius 1 is 0.484 bits per heavy atom. The van der Waals surface area contributed by atoms with Gasteiger partial charge in [0, 0.05) is 6.61 Å². The first kappa shape index (κ1) is 27.9. The molecule has 180 valence electrons. The van der Waals surface area contributed by atoms with Crippen molar-refractivity contribution in [1.82, 2.24) is 0 Å². The maximum absolute atomic E-state index is 5.76. The minimum atomic E-state index is 0.567. The summed E-state index contributed by atoms with van der Waals surface area (Å²) in [5, 5.41) is 0. The number of hydrogen-bond donors (Lipinski definition) is 0. The van der Waals surface area contributed by atoms with Crippen LogP contribution in [-0.4, -0.2) is 46.2 Å². The van der Waals surface area contributed by atoms with E-state index in [-0.39, 0.29) is 0 Å². The molecule has 0 aliphatic heterocycles. The number of benzene rings is 1. The van der Waals surface area contributed by atoms with Gasteiger partial charge < -0.3 is 18.9 Å². The Bertz CT molecular complexity index is 475. The van der Waals surface area contributed by atoms with Crippen molar-refractivity contribution in [2.75, 3.05) is 46.2 Å². The summed E-state index contributed by atoms with van der Waals surface area (Å²) < 4.78 is 22.4. The van der Waals surface area contributed by atoms with Crippen LogP contribution >= 0.6 is 0 Å². The summed E-state index contributed by atoms with van der Waals surface area (Å²) in [6.45, 7) is 8.99. The highest BCUT2D eigenvalue weighted by Crippen LogP contribution is 2.15. The van der Waals surface area contributed by atoms with Crippen LogP contribution in [0.4, 0.5) is 0 Å². The fourth-order valence-electron chi connectivity index (χ4n) is 3.43. The lowest BCUT2D eigenvalue weighted by Gasteiger charge is -2.09. The summed E-state index contributed by atoms with van der Waals surface area (Å²) in [6.07, 6.45) is 15.6. The molecule has 0 aliphatic carbocycles. The van der Waals surface area contributed by atoms with Crippen LogP contribution in [0.1, 0.15) is 90.0 Å². The molecule has 1 aromatic carbocycles. The molecule has 4 heteroatoms. The molecule has 1 aromatic rings. The zero-order chi connectivity index (χ0) is 22.2. The monoisotopic (exact) mass is 436 g/mol. The highest BCUT2D eigenvalue weighted by atomic mass is 16.6. The van der Waals surface area contributed by atoms with E-state index in [0.29, 0.717) is 39.6 Å². The summed E-state index contributed by atoms with van der Waals surface area (Å²) in [5.41, 5.74) is 1.40. The largest absolute Gasteiger partial charge is 0.491 e. The van der Waals surface area contributed by atoms with Crippen molar-refractivity contribution in [2.45, 2.75) is 90.9 Å². The Kier molecular flexibility index (Phi) is 19.9. The fraction of sp³-hybridized carbons (Fsp3) is 0.778. The van der Waals surface area contributed by atoms with E-state index in [9.17, 15) is 0 Å². The van der Waals surface area contributed by atoms with Gasteiger partial charge in [-0.05, 0) is 37.0 Å². The summed E-state index contributed by atoms with van der Waals surface area (Å²) in [6, 6.07) is 8.52. The van der Waals surface area contributed by atoms with Crippen molar-refractivity contribution < 1.29 is 18.9 Å². The SMILES string of the molecule is CCCCCCCCCc1ccc(OCCOCCOCCOCCCCCC)cc1. The molecule has 0 unspecified atom stereocenters. The van der Waals surface area contributed by atoms with Crippen molar-refractivity contribution in [3.05, 3.63) is 29.8 Å². The summed E-state index contributed by atoms with van der Waals surface area (Å²) in [4.78, 5) is 0. The van der Waals surface area contributed by atoms with Crippen molar-refractivity contribution in [1.29, 1.82) is 0 Å². The third kappa shape index (κ3) is 18.2. The zero-order valence-corrected chi connectivity index (χ0v) is 20.4. The Morgan fingerprint density at radius 3 is 1.58 bits per heavy atom. The topological polar surface area (TPSA) is 36.9 Å². The van der Waals surface area contributed by atoms with Gasteiger partial charge in [0.2, 0.25) is 0 Å². The molecule has 0 atom stereocenters. The fourth-order valence-corrected chi connectivity index (χ4v) is 3.43. The van der Waals surface area contributed by atoms with E-state index in [0.717, 1.165) is 18.8 Å². The standard InChI is InChI=1S/C27H48O4/c1-3-5-7-9-10-11-12-14-26-15-17-27(18-16-26)31-25-24-30-23-22-29-21-20-28-19-13-8-6-4-2/h15-18H,3-14,19-25H2,1-2H3. The van der Waals surface area contributed by atoms with E-state index < -0.39 is 0 Å². The Labute approximate surface area is 192 Å². The average Bonchev–Trinajstić information content (AvgIpc) is 2.79. The minimum Gasteiger partial charge on any atom is -0.491 e. The van der Waals surface area contributed by atoms with Crippen LogP contribution in [-0.2, 0) is 20.6 Å². The van der Waals surface area contributed by atoms with E-state index >= 15 is 0 Å². The van der Waals surface area contributed by atoms with Gasteiger partial charge in [-0.1, -0.05) is 83.8 Å². The highest BCUT2D eigenvalue weighted by molar-refractivity contribution is 5.27. The molecule has 0 saturated heterocycles. The number of aryl methyl sites for hydroxylation is 1. The smallest absolute Gasteiger partial charge is 0.119 e. The molecule has 0 amide bonds. The Hall–Kier alpha value is -1.10. The third-order valence-electron chi connectivity index (χ3n) is 5.38. The lowest BCUT2D eigenvalue weighted by atomic mass is 10.0. The van der Waals surface area contributed by atoms with Crippen LogP contribution < -0.4 is 4.74 Å². The third-order valence-corrected chi connectivity index (χ3v) is 5.38. The molecule has 0 heterocycles. The van der Waals surface area contributed by atoms with Crippen molar-refractivity contribution in [3.63, 3.8) is 0 Å². The zero-order valence-electron chi connectivity index (χ0n) is 20.4. The molecular formula is C27H48O4. The molecule has 0 bridgehead atoms. The van der Waals surface area contributed by atoms with E-state index in [2.05, 4.69) is 38.1 Å². The molecule has 31 heavy (non-hydrogen) atoms. The summed E-state index contributed by atoms with van der Waals surface area (Å²) in [5.74, 6) is 0.916. The van der Waals surface area contributed by atoms with E-state index in [1.807, 2.05) is 0 Å². The van der Waals surface area contributed by atoms with E-state index in [1.165, 1.54) is 76.2 Å². The molecule has 1 rings (SSSR count). The molecule has 0 aromatic heterocycles. The normalized spacial score (nSPS) is 11.2. The molecule has 4 nitrogen and oxygen atoms in total. The van der Waals surface area contributed by atoms with Crippen LogP contribution in [0, 0.1) is 0 Å². The van der Waals surface area contributed by atoms with Crippen molar-refractivity contribution in [3.8, 4) is 5.75 Å². The molecule has 0 saturated carbocycles. The van der Waals surface area contributed by atoms with Gasteiger partial charge in [0.25, 0.3) is 0 Å². The molecule has 0 spiro atoms. The average molecular weight is 437 g/mol. The predicted molar refractivity (Wildman–Crippen MR) is 130 cm³/mol. The molecule has 0 aliphatic rings. The second kappa shape index (κ2) is 22.1. The van der Waals surface area contributed by atoms with Crippen LogP contribution in [0.2, 0.25) is 0 Å². The van der Waals surface area contributed by atoms with Gasteiger partial charge in [0.05, 0.1) is 33.0 Å². The van der Waals surface area contributed by atoms with Crippen LogP contribution in [0.15, 0.2) is 24.3 Å². The van der Waals surface area contributed by atoms with E-state index in [4.69, 9.17) is 18.9 Å². The Balaban J connectivity index is 1.87. The van der Waals surface area contributed by atoms with Crippen LogP contribution in [0.3, 0.4) is 0 Å². The van der Waals surface area contributed by atoms with Crippen molar-refractivity contribution in [2.24, 2.45) is 0 Å². The first-order valence-corrected chi connectivity index (χ1v) is 12.8. The quantitative estimate of drug-likeness (QED) is 0.173. The van der Waals surface area contributed by atoms with Gasteiger partial charge in [0.1, 0.15) is 12.4 Å². The number of hydrogen-bond acceptors (Lipinski definition) is 4. The lowest BCUT2D eigenvalue weighted by Crippen LogP contribution is -2.13. The Morgan fingerprint density at radius 2 is 0.968 bits per heavy atom. The minimum absolute atomic E-state index is 0.567. The van der Waals surface area contributed by atoms with Gasteiger partial charge in [-0.3, -0.25) is 0 Å². The van der Waals surface area contributed by atoms with Gasteiger partial charge in [-0.25, -0.2) is 0 Å². The molecule has 0 radical (unpaired) electrons. The van der Waals surface area contributed by atoms with Gasteiger partial charge in [-0.2, -0.15) is 0 Å². The number of ether oxygens (including phenoxy) is 4.